The highest BCUT2D eigenvalue weighted by Crippen LogP contribution is 2.46. The van der Waals surface area contributed by atoms with Crippen LogP contribution in [0.4, 0.5) is 0 Å². The summed E-state index contributed by atoms with van der Waals surface area (Å²) in [5.41, 5.74) is 2.16. The third kappa shape index (κ3) is 7.37. The predicted octanol–water partition coefficient (Wildman–Crippen LogP) is 6.64. The van der Waals surface area contributed by atoms with Crippen molar-refractivity contribution in [2.24, 2.45) is 17.8 Å². The normalized spacial score (nSPS) is 23.0. The van der Waals surface area contributed by atoms with E-state index in [1.54, 1.807) is 4.68 Å². The van der Waals surface area contributed by atoms with Gasteiger partial charge in [0.05, 0.1) is 13.2 Å². The first-order chi connectivity index (χ1) is 21.7. The van der Waals surface area contributed by atoms with Gasteiger partial charge in [-0.15, -0.1) is 10.2 Å². The summed E-state index contributed by atoms with van der Waals surface area (Å²) in [5, 5.41) is 20.2. The summed E-state index contributed by atoms with van der Waals surface area (Å²) < 4.78 is 10.1. The molecular weight excluding hydrogens is 550 g/mol. The van der Waals surface area contributed by atoms with Crippen molar-refractivity contribution in [3.63, 3.8) is 0 Å². The molecule has 2 aromatic carbocycles. The Morgan fingerprint density at radius 1 is 0.955 bits per heavy atom. The minimum absolute atomic E-state index is 0.00748. The molecule has 9 nitrogen and oxygen atoms in total. The van der Waals surface area contributed by atoms with E-state index in [1.807, 2.05) is 41.0 Å². The Morgan fingerprint density at radius 2 is 1.70 bits per heavy atom. The van der Waals surface area contributed by atoms with Crippen molar-refractivity contribution in [3.05, 3.63) is 93.9 Å². The molecule has 2 saturated carbocycles. The molecule has 2 aliphatic carbocycles. The lowest BCUT2D eigenvalue weighted by atomic mass is 9.66. The predicted molar refractivity (Wildman–Crippen MR) is 170 cm³/mol. The summed E-state index contributed by atoms with van der Waals surface area (Å²) in [6, 6.07) is 20.4. The molecule has 2 heterocycles. The number of H-pyrrole nitrogens is 1. The average molecular weight is 598 g/mol. The van der Waals surface area contributed by atoms with E-state index >= 15 is 0 Å². The van der Waals surface area contributed by atoms with Crippen LogP contribution in [-0.4, -0.2) is 35.0 Å². The van der Waals surface area contributed by atoms with Crippen molar-refractivity contribution in [1.29, 1.82) is 0 Å². The quantitative estimate of drug-likeness (QED) is 0.185. The van der Waals surface area contributed by atoms with E-state index in [4.69, 9.17) is 9.84 Å². The van der Waals surface area contributed by atoms with Crippen LogP contribution in [0.5, 0.6) is 0 Å². The lowest BCUT2D eigenvalue weighted by Crippen LogP contribution is -2.33. The summed E-state index contributed by atoms with van der Waals surface area (Å²) in [6.07, 6.45) is 12.3. The second-order valence-corrected chi connectivity index (χ2v) is 12.9. The number of aryl methyl sites for hydroxylation is 1. The molecule has 0 radical (unpaired) electrons. The van der Waals surface area contributed by atoms with Crippen molar-refractivity contribution < 1.29 is 4.74 Å². The standard InChI is InChI=1S/C35H47N7O2/c1-2-3-18-33-38-42(24-32(29-14-8-5-9-15-29)44-25-27-12-6-4-7-13-27)35(43)41(33)23-26-19-21-28(22-20-26)30-16-10-11-17-31(30)34-36-39-40-37-34/h4-9,12-15,26,28,30-32H,2-3,10-11,16-25H2,1H3,(H,36,37,39,40). The van der Waals surface area contributed by atoms with Crippen LogP contribution in [0.3, 0.4) is 0 Å². The van der Waals surface area contributed by atoms with Crippen LogP contribution < -0.4 is 5.69 Å². The molecule has 6 rings (SSSR count). The van der Waals surface area contributed by atoms with Gasteiger partial charge in [-0.3, -0.25) is 4.57 Å². The molecule has 1 N–H and O–H groups in total. The molecule has 3 atom stereocenters. The maximum Gasteiger partial charge on any atom is 0.346 e. The summed E-state index contributed by atoms with van der Waals surface area (Å²) >= 11 is 0. The number of unbranched alkanes of at least 4 members (excludes halogenated alkanes) is 1. The molecule has 234 valence electrons. The second-order valence-electron chi connectivity index (χ2n) is 12.9. The number of nitrogens with zero attached hydrogens (tertiary/aromatic N) is 6. The highest BCUT2D eigenvalue weighted by atomic mass is 16.5. The molecule has 0 bridgehead atoms. The van der Waals surface area contributed by atoms with Gasteiger partial charge in [-0.05, 0) is 73.8 Å². The van der Waals surface area contributed by atoms with Gasteiger partial charge >= 0.3 is 5.69 Å². The van der Waals surface area contributed by atoms with E-state index in [1.165, 1.54) is 38.5 Å². The van der Waals surface area contributed by atoms with Crippen LogP contribution in [0.25, 0.3) is 0 Å². The first-order valence-corrected chi connectivity index (χ1v) is 16.8. The summed E-state index contributed by atoms with van der Waals surface area (Å²) in [6.45, 7) is 3.82. The largest absolute Gasteiger partial charge is 0.367 e. The number of hydrogen-bond acceptors (Lipinski definition) is 6. The molecule has 2 aromatic heterocycles. The van der Waals surface area contributed by atoms with Gasteiger partial charge in [-0.25, -0.2) is 9.48 Å². The molecule has 4 aromatic rings. The number of aromatic amines is 1. The van der Waals surface area contributed by atoms with E-state index in [9.17, 15) is 4.79 Å². The molecule has 2 fully saturated rings. The fraction of sp³-hybridized carbons (Fsp3) is 0.571. The number of aromatic nitrogens is 7. The van der Waals surface area contributed by atoms with E-state index < -0.39 is 0 Å². The first kappa shape index (κ1) is 30.4. The Bertz CT molecular complexity index is 1460. The van der Waals surface area contributed by atoms with Gasteiger partial charge in [0.15, 0.2) is 5.82 Å². The number of tetrazole rings is 1. The Balaban J connectivity index is 1.15. The number of ether oxygens (including phenoxy) is 1. The molecule has 0 spiro atoms. The molecule has 9 heteroatoms. The van der Waals surface area contributed by atoms with Gasteiger partial charge in [0.1, 0.15) is 11.9 Å². The molecule has 44 heavy (non-hydrogen) atoms. The smallest absolute Gasteiger partial charge is 0.346 e. The third-order valence-corrected chi connectivity index (χ3v) is 10.0. The molecule has 3 unspecified atom stereocenters. The van der Waals surface area contributed by atoms with Crippen LogP contribution in [0, 0.1) is 17.8 Å². The maximum atomic E-state index is 13.9. The van der Waals surface area contributed by atoms with Crippen molar-refractivity contribution in [1.82, 2.24) is 35.0 Å². The number of nitrogens with one attached hydrogen (secondary N) is 1. The summed E-state index contributed by atoms with van der Waals surface area (Å²) in [4.78, 5) is 13.9. The van der Waals surface area contributed by atoms with Gasteiger partial charge in [-0.2, -0.15) is 10.3 Å². The minimum atomic E-state index is -0.269. The molecule has 0 amide bonds. The molecule has 0 saturated heterocycles. The van der Waals surface area contributed by atoms with Crippen molar-refractivity contribution >= 4 is 0 Å². The Hall–Kier alpha value is -3.59. The Kier molecular flexibility index (Phi) is 10.3. The lowest BCUT2D eigenvalue weighted by Gasteiger charge is -2.39. The zero-order valence-corrected chi connectivity index (χ0v) is 26.1. The Morgan fingerprint density at radius 3 is 2.43 bits per heavy atom. The van der Waals surface area contributed by atoms with Crippen molar-refractivity contribution in [3.8, 4) is 0 Å². The van der Waals surface area contributed by atoms with Crippen molar-refractivity contribution in [2.45, 2.75) is 109 Å². The average Bonchev–Trinajstić information content (AvgIpc) is 3.72. The van der Waals surface area contributed by atoms with E-state index in [-0.39, 0.29) is 11.8 Å². The number of hydrogen-bond donors (Lipinski definition) is 1. The number of rotatable bonds is 13. The highest BCUT2D eigenvalue weighted by Gasteiger charge is 2.37. The van der Waals surface area contributed by atoms with E-state index in [0.29, 0.717) is 36.8 Å². The van der Waals surface area contributed by atoms with Gasteiger partial charge in [0.2, 0.25) is 0 Å². The monoisotopic (exact) mass is 597 g/mol. The topological polar surface area (TPSA) is 104 Å². The first-order valence-electron chi connectivity index (χ1n) is 16.8. The van der Waals surface area contributed by atoms with Gasteiger partial charge < -0.3 is 4.74 Å². The fourth-order valence-corrected chi connectivity index (χ4v) is 7.59. The van der Waals surface area contributed by atoms with E-state index in [0.717, 1.165) is 61.4 Å². The van der Waals surface area contributed by atoms with Gasteiger partial charge in [0, 0.05) is 18.9 Å². The fourth-order valence-electron chi connectivity index (χ4n) is 7.59. The molecule has 2 aliphatic rings. The summed E-state index contributed by atoms with van der Waals surface area (Å²) in [5.74, 6) is 4.07. The summed E-state index contributed by atoms with van der Waals surface area (Å²) in [7, 11) is 0. The zero-order valence-electron chi connectivity index (χ0n) is 26.1. The van der Waals surface area contributed by atoms with E-state index in [2.05, 4.69) is 51.8 Å². The van der Waals surface area contributed by atoms with Crippen LogP contribution in [0.15, 0.2) is 65.5 Å². The van der Waals surface area contributed by atoms with Gasteiger partial charge in [0.25, 0.3) is 0 Å². The molecular formula is C35H47N7O2. The van der Waals surface area contributed by atoms with Crippen LogP contribution in [0.1, 0.15) is 106 Å². The van der Waals surface area contributed by atoms with Crippen LogP contribution in [0.2, 0.25) is 0 Å². The Labute approximate surface area is 260 Å². The maximum absolute atomic E-state index is 13.9. The number of benzene rings is 2. The van der Waals surface area contributed by atoms with Crippen LogP contribution in [-0.2, 0) is 30.9 Å². The lowest BCUT2D eigenvalue weighted by molar-refractivity contribution is 0.0248. The molecule has 0 aliphatic heterocycles. The third-order valence-electron chi connectivity index (χ3n) is 10.0. The minimum Gasteiger partial charge on any atom is -0.367 e. The van der Waals surface area contributed by atoms with Gasteiger partial charge in [-0.1, -0.05) is 92.1 Å². The SMILES string of the molecule is CCCCc1nn(CC(OCc2ccccc2)c2ccccc2)c(=O)n1CC1CCC(C2CCCCC2c2nn[nH]n2)CC1. The van der Waals surface area contributed by atoms with Crippen LogP contribution >= 0.6 is 0 Å². The zero-order chi connectivity index (χ0) is 30.1. The highest BCUT2D eigenvalue weighted by molar-refractivity contribution is 5.18. The van der Waals surface area contributed by atoms with Crippen molar-refractivity contribution in [2.75, 3.05) is 0 Å². The second kappa shape index (κ2) is 14.9.